The Bertz CT molecular complexity index is 410. The van der Waals surface area contributed by atoms with E-state index >= 15 is 0 Å². The minimum absolute atomic E-state index is 0.189. The first-order valence-corrected chi connectivity index (χ1v) is 7.23. The summed E-state index contributed by atoms with van der Waals surface area (Å²) >= 11 is 6.12. The van der Waals surface area contributed by atoms with E-state index in [1.807, 2.05) is 0 Å². The molecule has 0 radical (unpaired) electrons. The minimum Gasteiger partial charge on any atom is -0.376 e. The van der Waals surface area contributed by atoms with E-state index < -0.39 is 0 Å². The second-order valence-corrected chi connectivity index (χ2v) is 5.21. The van der Waals surface area contributed by atoms with Gasteiger partial charge >= 0.3 is 0 Å². The summed E-state index contributed by atoms with van der Waals surface area (Å²) in [5.41, 5.74) is 0. The highest BCUT2D eigenvalue weighted by Gasteiger charge is 2.23. The highest BCUT2D eigenvalue weighted by Crippen LogP contribution is 2.23. The number of halogens is 1. The van der Waals surface area contributed by atoms with Crippen molar-refractivity contribution in [2.45, 2.75) is 45.3 Å². The van der Waals surface area contributed by atoms with E-state index in [9.17, 15) is 0 Å². The lowest BCUT2D eigenvalue weighted by Crippen LogP contribution is -2.30. The molecule has 2 rings (SSSR count). The lowest BCUT2D eigenvalue weighted by Gasteiger charge is -2.21. The largest absolute Gasteiger partial charge is 0.376 e. The molecule has 0 bridgehead atoms. The van der Waals surface area contributed by atoms with Crippen LogP contribution in [0.2, 0.25) is 5.02 Å². The summed E-state index contributed by atoms with van der Waals surface area (Å²) in [4.78, 5) is 8.56. The first kappa shape index (κ1) is 14.3. The molecule has 1 aliphatic rings. The number of nitrogens with zero attached hydrogens (tertiary/aromatic N) is 2. The van der Waals surface area contributed by atoms with Crippen molar-refractivity contribution < 1.29 is 4.74 Å². The summed E-state index contributed by atoms with van der Waals surface area (Å²) in [6, 6.07) is 0.189. The number of aromatic nitrogens is 2. The van der Waals surface area contributed by atoms with Gasteiger partial charge in [0.1, 0.15) is 5.02 Å². The van der Waals surface area contributed by atoms with Crippen molar-refractivity contribution in [2.75, 3.05) is 23.8 Å². The standard InChI is InChI=1S/C13H21ClN4O/c1-3-6-15-13-16-8-10(14)12(18-13)17-9(2)11-5-4-7-19-11/h8-9,11H,3-7H2,1-2H3,(H2,15,16,17,18). The number of ether oxygens (including phenoxy) is 1. The van der Waals surface area contributed by atoms with Gasteiger partial charge in [-0.05, 0) is 26.2 Å². The fourth-order valence-corrected chi connectivity index (χ4v) is 2.24. The van der Waals surface area contributed by atoms with E-state index in [1.165, 1.54) is 0 Å². The van der Waals surface area contributed by atoms with Gasteiger partial charge < -0.3 is 15.4 Å². The zero-order valence-corrected chi connectivity index (χ0v) is 12.2. The van der Waals surface area contributed by atoms with Crippen LogP contribution >= 0.6 is 11.6 Å². The van der Waals surface area contributed by atoms with Gasteiger partial charge in [0.25, 0.3) is 0 Å². The number of rotatable bonds is 6. The molecule has 2 N–H and O–H groups in total. The number of hydrogen-bond acceptors (Lipinski definition) is 5. The van der Waals surface area contributed by atoms with E-state index in [1.54, 1.807) is 6.20 Å². The Kier molecular flexibility index (Phi) is 5.22. The predicted octanol–water partition coefficient (Wildman–Crippen LogP) is 2.93. The molecule has 6 heteroatoms. The number of anilines is 2. The van der Waals surface area contributed by atoms with E-state index in [0.717, 1.165) is 32.4 Å². The minimum atomic E-state index is 0.189. The second kappa shape index (κ2) is 6.91. The van der Waals surface area contributed by atoms with Crippen LogP contribution in [0.1, 0.15) is 33.1 Å². The van der Waals surface area contributed by atoms with Crippen molar-refractivity contribution in [3.05, 3.63) is 11.2 Å². The van der Waals surface area contributed by atoms with Gasteiger partial charge in [-0.3, -0.25) is 0 Å². The molecular weight excluding hydrogens is 264 g/mol. The Hall–Kier alpha value is -1.07. The van der Waals surface area contributed by atoms with Crippen LogP contribution < -0.4 is 10.6 Å². The zero-order valence-electron chi connectivity index (χ0n) is 11.4. The lowest BCUT2D eigenvalue weighted by molar-refractivity contribution is 0.0995. The van der Waals surface area contributed by atoms with Crippen molar-refractivity contribution in [2.24, 2.45) is 0 Å². The third-order valence-corrected chi connectivity index (χ3v) is 3.44. The molecule has 1 fully saturated rings. The van der Waals surface area contributed by atoms with Crippen LogP contribution in [-0.4, -0.2) is 35.3 Å². The molecule has 2 heterocycles. The molecule has 0 aliphatic carbocycles. The Morgan fingerprint density at radius 3 is 3.11 bits per heavy atom. The molecule has 1 aliphatic heterocycles. The average Bonchev–Trinajstić information content (AvgIpc) is 2.93. The van der Waals surface area contributed by atoms with Crippen molar-refractivity contribution in [1.29, 1.82) is 0 Å². The van der Waals surface area contributed by atoms with Gasteiger partial charge in [-0.25, -0.2) is 4.98 Å². The van der Waals surface area contributed by atoms with Gasteiger partial charge in [-0.2, -0.15) is 4.98 Å². The highest BCUT2D eigenvalue weighted by atomic mass is 35.5. The number of hydrogen-bond donors (Lipinski definition) is 2. The summed E-state index contributed by atoms with van der Waals surface area (Å²) in [5.74, 6) is 1.27. The third-order valence-electron chi connectivity index (χ3n) is 3.16. The second-order valence-electron chi connectivity index (χ2n) is 4.80. The molecule has 0 spiro atoms. The normalized spacial score (nSPS) is 20.3. The molecule has 2 unspecified atom stereocenters. The van der Waals surface area contributed by atoms with Crippen LogP contribution in [0.25, 0.3) is 0 Å². The first-order valence-electron chi connectivity index (χ1n) is 6.85. The molecule has 19 heavy (non-hydrogen) atoms. The van der Waals surface area contributed by atoms with Crippen LogP contribution in [0, 0.1) is 0 Å². The predicted molar refractivity (Wildman–Crippen MR) is 77.9 cm³/mol. The molecule has 2 atom stereocenters. The van der Waals surface area contributed by atoms with Gasteiger partial charge in [0.15, 0.2) is 5.82 Å². The van der Waals surface area contributed by atoms with E-state index in [2.05, 4.69) is 34.4 Å². The van der Waals surface area contributed by atoms with Crippen LogP contribution in [0.5, 0.6) is 0 Å². The van der Waals surface area contributed by atoms with Crippen LogP contribution in [0.15, 0.2) is 6.20 Å². The van der Waals surface area contributed by atoms with Crippen LogP contribution in [-0.2, 0) is 4.74 Å². The maximum absolute atomic E-state index is 6.12. The summed E-state index contributed by atoms with van der Waals surface area (Å²) in [6.45, 7) is 5.88. The molecule has 5 nitrogen and oxygen atoms in total. The fourth-order valence-electron chi connectivity index (χ4n) is 2.10. The molecule has 0 amide bonds. The lowest BCUT2D eigenvalue weighted by atomic mass is 10.1. The van der Waals surface area contributed by atoms with Crippen molar-refractivity contribution in [3.8, 4) is 0 Å². The van der Waals surface area contributed by atoms with E-state index in [4.69, 9.17) is 16.3 Å². The number of nitrogens with one attached hydrogen (secondary N) is 2. The topological polar surface area (TPSA) is 59.1 Å². The summed E-state index contributed by atoms with van der Waals surface area (Å²) < 4.78 is 5.66. The quantitative estimate of drug-likeness (QED) is 0.841. The Balaban J connectivity index is 2.01. The molecular formula is C13H21ClN4O. The van der Waals surface area contributed by atoms with Crippen molar-refractivity contribution in [3.63, 3.8) is 0 Å². The van der Waals surface area contributed by atoms with Gasteiger partial charge in [0.05, 0.1) is 18.3 Å². The Morgan fingerprint density at radius 1 is 1.58 bits per heavy atom. The molecule has 1 saturated heterocycles. The van der Waals surface area contributed by atoms with Crippen molar-refractivity contribution in [1.82, 2.24) is 9.97 Å². The zero-order chi connectivity index (χ0) is 13.7. The van der Waals surface area contributed by atoms with E-state index in [-0.39, 0.29) is 12.1 Å². The smallest absolute Gasteiger partial charge is 0.224 e. The van der Waals surface area contributed by atoms with E-state index in [0.29, 0.717) is 16.8 Å². The molecule has 0 saturated carbocycles. The molecule has 0 aromatic carbocycles. The summed E-state index contributed by atoms with van der Waals surface area (Å²) in [6.07, 6.45) is 5.09. The van der Waals surface area contributed by atoms with Gasteiger partial charge in [0.2, 0.25) is 5.95 Å². The maximum Gasteiger partial charge on any atom is 0.224 e. The van der Waals surface area contributed by atoms with Gasteiger partial charge in [0, 0.05) is 13.2 Å². The van der Waals surface area contributed by atoms with Gasteiger partial charge in [-0.15, -0.1) is 0 Å². The van der Waals surface area contributed by atoms with Crippen LogP contribution in [0.3, 0.4) is 0 Å². The third kappa shape index (κ3) is 3.94. The summed E-state index contributed by atoms with van der Waals surface area (Å²) in [7, 11) is 0. The highest BCUT2D eigenvalue weighted by molar-refractivity contribution is 6.32. The molecule has 106 valence electrons. The van der Waals surface area contributed by atoms with Crippen molar-refractivity contribution >= 4 is 23.4 Å². The fraction of sp³-hybridized carbons (Fsp3) is 0.692. The van der Waals surface area contributed by atoms with Crippen LogP contribution in [0.4, 0.5) is 11.8 Å². The maximum atomic E-state index is 6.12. The Morgan fingerprint density at radius 2 is 2.42 bits per heavy atom. The molecule has 1 aromatic rings. The average molecular weight is 285 g/mol. The molecule has 1 aromatic heterocycles. The Labute approximate surface area is 119 Å². The SMILES string of the molecule is CCCNc1ncc(Cl)c(NC(C)C2CCCO2)n1. The first-order chi connectivity index (χ1) is 9.20. The summed E-state index contributed by atoms with van der Waals surface area (Å²) in [5, 5.41) is 7.01. The van der Waals surface area contributed by atoms with Gasteiger partial charge in [-0.1, -0.05) is 18.5 Å². The monoisotopic (exact) mass is 284 g/mol.